The first-order valence-corrected chi connectivity index (χ1v) is 9.75. The maximum Gasteiger partial charge on any atom is 0.211 e. The fraction of sp³-hybridized carbons (Fsp3) is 1.00. The van der Waals surface area contributed by atoms with Gasteiger partial charge in [0.1, 0.15) is 0 Å². The van der Waals surface area contributed by atoms with Crippen molar-refractivity contribution in [1.82, 2.24) is 10.0 Å². The lowest BCUT2D eigenvalue weighted by Gasteiger charge is -2.26. The molecule has 0 aromatic heterocycles. The van der Waals surface area contributed by atoms with Crippen molar-refractivity contribution in [3.05, 3.63) is 0 Å². The van der Waals surface area contributed by atoms with Gasteiger partial charge in [-0.3, -0.25) is 0 Å². The summed E-state index contributed by atoms with van der Waals surface area (Å²) in [5, 5.41) is 3.30. The smallest absolute Gasteiger partial charge is 0.211 e. The Morgan fingerprint density at radius 1 is 1.10 bits per heavy atom. The Balaban J connectivity index is 2.11. The van der Waals surface area contributed by atoms with E-state index in [1.165, 1.54) is 25.7 Å². The molecule has 2 N–H and O–H groups in total. The van der Waals surface area contributed by atoms with Crippen LogP contribution in [-0.4, -0.2) is 33.3 Å². The molecule has 0 aliphatic heterocycles. The highest BCUT2D eigenvalue weighted by molar-refractivity contribution is 7.89. The zero-order valence-electron chi connectivity index (χ0n) is 13.3. The lowest BCUT2D eigenvalue weighted by molar-refractivity contribution is 0.290. The van der Waals surface area contributed by atoms with Crippen molar-refractivity contribution < 1.29 is 8.42 Å². The molecule has 1 saturated carbocycles. The molecule has 0 spiro atoms. The molecule has 1 aliphatic carbocycles. The number of unbranched alkanes of at least 4 members (excludes halogenated alkanes) is 1. The van der Waals surface area contributed by atoms with Crippen LogP contribution >= 0.6 is 0 Å². The third-order valence-corrected chi connectivity index (χ3v) is 5.55. The first kappa shape index (κ1) is 17.9. The van der Waals surface area contributed by atoms with Crippen molar-refractivity contribution in [2.24, 2.45) is 11.8 Å². The summed E-state index contributed by atoms with van der Waals surface area (Å²) in [5.74, 6) is 1.62. The molecule has 1 fully saturated rings. The molecule has 0 saturated heterocycles. The zero-order chi connectivity index (χ0) is 15.0. The van der Waals surface area contributed by atoms with Gasteiger partial charge in [0.15, 0.2) is 0 Å². The predicted octanol–water partition coefficient (Wildman–Crippen LogP) is 2.51. The Hall–Kier alpha value is -0.130. The number of rotatable bonds is 9. The average Bonchev–Trinajstić information content (AvgIpc) is 2.37. The number of sulfonamides is 1. The van der Waals surface area contributed by atoms with E-state index >= 15 is 0 Å². The van der Waals surface area contributed by atoms with Crippen molar-refractivity contribution in [2.45, 2.75) is 65.3 Å². The van der Waals surface area contributed by atoms with Gasteiger partial charge >= 0.3 is 0 Å². The van der Waals surface area contributed by atoms with Crippen LogP contribution in [0.25, 0.3) is 0 Å². The van der Waals surface area contributed by atoms with Gasteiger partial charge in [-0.15, -0.1) is 0 Å². The highest BCUT2D eigenvalue weighted by Gasteiger charge is 2.20. The zero-order valence-corrected chi connectivity index (χ0v) is 14.1. The molecular weight excluding hydrogens is 272 g/mol. The molecule has 4 nitrogen and oxygen atoms in total. The predicted molar refractivity (Wildman–Crippen MR) is 85.3 cm³/mol. The van der Waals surface area contributed by atoms with Gasteiger partial charge in [0, 0.05) is 12.6 Å². The maximum absolute atomic E-state index is 11.9. The second-order valence-corrected chi connectivity index (χ2v) is 8.54. The molecule has 0 bridgehead atoms. The summed E-state index contributed by atoms with van der Waals surface area (Å²) in [6.07, 6.45) is 6.47. The molecule has 0 amide bonds. The molecule has 1 aliphatic rings. The molecule has 0 atom stereocenters. The molecule has 120 valence electrons. The lowest BCUT2D eigenvalue weighted by atomic mass is 9.83. The maximum atomic E-state index is 11.9. The summed E-state index contributed by atoms with van der Waals surface area (Å²) in [5.41, 5.74) is 0. The first-order chi connectivity index (χ1) is 9.39. The average molecular weight is 305 g/mol. The second kappa shape index (κ2) is 9.00. The topological polar surface area (TPSA) is 58.2 Å². The fourth-order valence-electron chi connectivity index (χ4n) is 2.66. The monoisotopic (exact) mass is 304 g/mol. The largest absolute Gasteiger partial charge is 0.315 e. The third kappa shape index (κ3) is 8.22. The van der Waals surface area contributed by atoms with Crippen LogP contribution in [0.1, 0.15) is 59.3 Å². The van der Waals surface area contributed by atoms with Crippen LogP contribution in [0.3, 0.4) is 0 Å². The molecule has 0 heterocycles. The van der Waals surface area contributed by atoms with Gasteiger partial charge in [-0.2, -0.15) is 0 Å². The van der Waals surface area contributed by atoms with Gasteiger partial charge in [-0.25, -0.2) is 13.1 Å². The van der Waals surface area contributed by atoms with E-state index in [0.717, 1.165) is 25.3 Å². The number of hydrogen-bond acceptors (Lipinski definition) is 3. The molecular formula is C15H32N2O2S. The van der Waals surface area contributed by atoms with E-state index in [4.69, 9.17) is 0 Å². The quantitative estimate of drug-likeness (QED) is 0.644. The molecule has 0 unspecified atom stereocenters. The van der Waals surface area contributed by atoms with Crippen molar-refractivity contribution in [3.8, 4) is 0 Å². The summed E-state index contributed by atoms with van der Waals surface area (Å²) in [6.45, 7) is 8.02. The van der Waals surface area contributed by atoms with Crippen molar-refractivity contribution >= 4 is 10.0 Å². The Kier molecular flexibility index (Phi) is 8.07. The van der Waals surface area contributed by atoms with Crippen LogP contribution in [0.5, 0.6) is 0 Å². The summed E-state index contributed by atoms with van der Waals surface area (Å²) in [6, 6.07) is 0.471. The highest BCUT2D eigenvalue weighted by Crippen LogP contribution is 2.27. The van der Waals surface area contributed by atoms with Gasteiger partial charge < -0.3 is 5.32 Å². The minimum absolute atomic E-state index is 0.260. The third-order valence-electron chi connectivity index (χ3n) is 4.12. The fourth-order valence-corrected chi connectivity index (χ4v) is 3.88. The molecule has 1 rings (SSSR count). The summed E-state index contributed by atoms with van der Waals surface area (Å²) < 4.78 is 26.6. The van der Waals surface area contributed by atoms with Gasteiger partial charge in [0.05, 0.1) is 5.75 Å². The van der Waals surface area contributed by atoms with Crippen LogP contribution in [0.4, 0.5) is 0 Å². The number of hydrogen-bond donors (Lipinski definition) is 2. The Morgan fingerprint density at radius 3 is 2.35 bits per heavy atom. The Bertz CT molecular complexity index is 347. The van der Waals surface area contributed by atoms with E-state index < -0.39 is 10.0 Å². The first-order valence-electron chi connectivity index (χ1n) is 8.10. The van der Waals surface area contributed by atoms with E-state index in [2.05, 4.69) is 30.8 Å². The van der Waals surface area contributed by atoms with Gasteiger partial charge in [0.2, 0.25) is 10.0 Å². The summed E-state index contributed by atoms with van der Waals surface area (Å²) >= 11 is 0. The Labute approximate surface area is 125 Å². The SMILES string of the molecule is CC1CCC(CNS(=O)(=O)CCCCNC(C)C)CC1. The van der Waals surface area contributed by atoms with E-state index in [-0.39, 0.29) is 5.75 Å². The van der Waals surface area contributed by atoms with E-state index in [1.807, 2.05) is 0 Å². The summed E-state index contributed by atoms with van der Waals surface area (Å²) in [7, 11) is -3.07. The summed E-state index contributed by atoms with van der Waals surface area (Å²) in [4.78, 5) is 0. The lowest BCUT2D eigenvalue weighted by Crippen LogP contribution is -2.33. The Morgan fingerprint density at radius 2 is 1.75 bits per heavy atom. The van der Waals surface area contributed by atoms with Crippen molar-refractivity contribution in [2.75, 3.05) is 18.8 Å². The highest BCUT2D eigenvalue weighted by atomic mass is 32.2. The van der Waals surface area contributed by atoms with Gasteiger partial charge in [-0.05, 0) is 44.1 Å². The van der Waals surface area contributed by atoms with Crippen LogP contribution < -0.4 is 10.0 Å². The van der Waals surface area contributed by atoms with E-state index in [0.29, 0.717) is 18.5 Å². The normalized spacial score (nSPS) is 24.2. The molecule has 0 aromatic rings. The van der Waals surface area contributed by atoms with E-state index in [1.54, 1.807) is 0 Å². The van der Waals surface area contributed by atoms with Crippen LogP contribution in [0.2, 0.25) is 0 Å². The minimum Gasteiger partial charge on any atom is -0.315 e. The van der Waals surface area contributed by atoms with Crippen LogP contribution in [0.15, 0.2) is 0 Å². The van der Waals surface area contributed by atoms with Crippen LogP contribution in [-0.2, 0) is 10.0 Å². The standard InChI is InChI=1S/C15H32N2O2S/c1-13(2)16-10-4-5-11-20(18,19)17-12-15-8-6-14(3)7-9-15/h13-17H,4-12H2,1-3H3. The molecule has 20 heavy (non-hydrogen) atoms. The van der Waals surface area contributed by atoms with E-state index in [9.17, 15) is 8.42 Å². The van der Waals surface area contributed by atoms with Crippen LogP contribution in [0, 0.1) is 11.8 Å². The number of nitrogens with one attached hydrogen (secondary N) is 2. The van der Waals surface area contributed by atoms with Gasteiger partial charge in [0.25, 0.3) is 0 Å². The van der Waals surface area contributed by atoms with Crippen molar-refractivity contribution in [3.63, 3.8) is 0 Å². The minimum atomic E-state index is -3.07. The van der Waals surface area contributed by atoms with Crippen molar-refractivity contribution in [1.29, 1.82) is 0 Å². The van der Waals surface area contributed by atoms with Gasteiger partial charge in [-0.1, -0.05) is 33.6 Å². The molecule has 5 heteroatoms. The molecule has 0 radical (unpaired) electrons. The molecule has 0 aromatic carbocycles. The second-order valence-electron chi connectivity index (χ2n) is 6.61.